The van der Waals surface area contributed by atoms with E-state index in [0.717, 1.165) is 19.8 Å². The minimum absolute atomic E-state index is 0.580. The fourth-order valence-corrected chi connectivity index (χ4v) is 1.43. The van der Waals surface area contributed by atoms with E-state index in [1.165, 1.54) is 13.0 Å². The van der Waals surface area contributed by atoms with E-state index in [4.69, 9.17) is 5.26 Å². The fourth-order valence-electron chi connectivity index (χ4n) is 1.43. The molecule has 1 aliphatic rings. The van der Waals surface area contributed by atoms with Crippen LogP contribution in [0.4, 0.5) is 0 Å². The van der Waals surface area contributed by atoms with Gasteiger partial charge in [-0.3, -0.25) is 9.80 Å². The Morgan fingerprint density at radius 3 is 2.73 bits per heavy atom. The van der Waals surface area contributed by atoms with Gasteiger partial charge in [0.05, 0.1) is 19.3 Å². The molecule has 1 aliphatic heterocycles. The molecule has 0 radical (unpaired) electrons. The van der Waals surface area contributed by atoms with Crippen LogP contribution in [0.5, 0.6) is 0 Å². The van der Waals surface area contributed by atoms with E-state index in [0.29, 0.717) is 6.54 Å². The van der Waals surface area contributed by atoms with Gasteiger partial charge in [-0.05, 0) is 13.0 Å². The average Bonchev–Trinajstić information content (AvgIpc) is 2.06. The smallest absolute Gasteiger partial charge is 0.0876 e. The SMILES string of the molecule is CCN1CCCN(CC#N)C1. The highest BCUT2D eigenvalue weighted by molar-refractivity contribution is 4.78. The molecule has 0 unspecified atom stereocenters. The van der Waals surface area contributed by atoms with Gasteiger partial charge in [-0.1, -0.05) is 6.92 Å². The van der Waals surface area contributed by atoms with E-state index in [-0.39, 0.29) is 0 Å². The second-order valence-electron chi connectivity index (χ2n) is 2.92. The highest BCUT2D eigenvalue weighted by Gasteiger charge is 2.14. The zero-order valence-corrected chi connectivity index (χ0v) is 7.08. The summed E-state index contributed by atoms with van der Waals surface area (Å²) in [6.07, 6.45) is 1.20. The number of rotatable bonds is 2. The van der Waals surface area contributed by atoms with Gasteiger partial charge in [0.25, 0.3) is 0 Å². The third-order valence-electron chi connectivity index (χ3n) is 2.09. The largest absolute Gasteiger partial charge is 0.291 e. The molecule has 3 nitrogen and oxygen atoms in total. The van der Waals surface area contributed by atoms with Crippen molar-refractivity contribution in [3.63, 3.8) is 0 Å². The lowest BCUT2D eigenvalue weighted by Gasteiger charge is -2.33. The van der Waals surface area contributed by atoms with Crippen LogP contribution in [-0.2, 0) is 0 Å². The van der Waals surface area contributed by atoms with Crippen LogP contribution >= 0.6 is 0 Å². The Hall–Kier alpha value is -0.590. The third kappa shape index (κ3) is 2.49. The molecule has 1 fully saturated rings. The Morgan fingerprint density at radius 2 is 2.09 bits per heavy atom. The molecule has 1 saturated heterocycles. The molecular formula is C8H15N3. The molecule has 0 atom stereocenters. The first kappa shape index (κ1) is 8.51. The maximum absolute atomic E-state index is 8.47. The van der Waals surface area contributed by atoms with Gasteiger partial charge in [0.2, 0.25) is 0 Å². The van der Waals surface area contributed by atoms with E-state index in [1.54, 1.807) is 0 Å². The number of hydrogen-bond donors (Lipinski definition) is 0. The fraction of sp³-hybridized carbons (Fsp3) is 0.875. The first-order valence-electron chi connectivity index (χ1n) is 4.18. The van der Waals surface area contributed by atoms with Gasteiger partial charge in [-0.25, -0.2) is 0 Å². The molecule has 0 N–H and O–H groups in total. The van der Waals surface area contributed by atoms with Gasteiger partial charge in [0.1, 0.15) is 0 Å². The summed E-state index contributed by atoms with van der Waals surface area (Å²) >= 11 is 0. The van der Waals surface area contributed by atoms with Crippen molar-refractivity contribution in [1.29, 1.82) is 5.26 Å². The Morgan fingerprint density at radius 1 is 1.36 bits per heavy atom. The molecule has 0 amide bonds. The summed E-state index contributed by atoms with van der Waals surface area (Å²) < 4.78 is 0. The van der Waals surface area contributed by atoms with Crippen LogP contribution in [0, 0.1) is 11.3 Å². The van der Waals surface area contributed by atoms with Crippen molar-refractivity contribution in [2.24, 2.45) is 0 Å². The summed E-state index contributed by atoms with van der Waals surface area (Å²) in [4.78, 5) is 4.55. The van der Waals surface area contributed by atoms with Crippen molar-refractivity contribution in [3.8, 4) is 6.07 Å². The summed E-state index contributed by atoms with van der Waals surface area (Å²) in [5.41, 5.74) is 0. The molecule has 0 aromatic heterocycles. The Kier molecular flexibility index (Phi) is 3.34. The normalized spacial score (nSPS) is 21.5. The van der Waals surface area contributed by atoms with Crippen LogP contribution < -0.4 is 0 Å². The minimum Gasteiger partial charge on any atom is -0.291 e. The quantitative estimate of drug-likeness (QED) is 0.541. The molecule has 11 heavy (non-hydrogen) atoms. The molecular weight excluding hydrogens is 138 g/mol. The first-order valence-corrected chi connectivity index (χ1v) is 4.18. The molecule has 0 aliphatic carbocycles. The highest BCUT2D eigenvalue weighted by atomic mass is 15.3. The van der Waals surface area contributed by atoms with Crippen LogP contribution in [-0.4, -0.2) is 42.6 Å². The molecule has 1 heterocycles. The molecule has 0 aromatic carbocycles. The van der Waals surface area contributed by atoms with Gasteiger partial charge in [-0.15, -0.1) is 0 Å². The van der Waals surface area contributed by atoms with Crippen molar-refractivity contribution in [1.82, 2.24) is 9.80 Å². The van der Waals surface area contributed by atoms with Gasteiger partial charge < -0.3 is 0 Å². The predicted octanol–water partition coefficient (Wildman–Crippen LogP) is 0.495. The molecule has 0 bridgehead atoms. The summed E-state index contributed by atoms with van der Waals surface area (Å²) in [5, 5.41) is 8.47. The maximum Gasteiger partial charge on any atom is 0.0876 e. The minimum atomic E-state index is 0.580. The van der Waals surface area contributed by atoms with Crippen LogP contribution in [0.25, 0.3) is 0 Å². The molecule has 62 valence electrons. The standard InChI is InChI=1S/C8H15N3/c1-2-10-5-3-6-11(8-10)7-4-9/h2-3,5-8H2,1H3. The molecule has 1 rings (SSSR count). The number of hydrogen-bond acceptors (Lipinski definition) is 3. The lowest BCUT2D eigenvalue weighted by Crippen LogP contribution is -2.44. The lowest BCUT2D eigenvalue weighted by atomic mass is 10.3. The van der Waals surface area contributed by atoms with E-state index in [2.05, 4.69) is 22.8 Å². The lowest BCUT2D eigenvalue weighted by molar-refractivity contribution is 0.102. The Balaban J connectivity index is 2.28. The van der Waals surface area contributed by atoms with E-state index in [9.17, 15) is 0 Å². The number of nitriles is 1. The molecule has 0 spiro atoms. The topological polar surface area (TPSA) is 30.3 Å². The van der Waals surface area contributed by atoms with E-state index >= 15 is 0 Å². The van der Waals surface area contributed by atoms with Crippen LogP contribution in [0.15, 0.2) is 0 Å². The van der Waals surface area contributed by atoms with Gasteiger partial charge in [0, 0.05) is 13.1 Å². The van der Waals surface area contributed by atoms with Gasteiger partial charge >= 0.3 is 0 Å². The van der Waals surface area contributed by atoms with Crippen LogP contribution in [0.3, 0.4) is 0 Å². The van der Waals surface area contributed by atoms with Crippen LogP contribution in [0.1, 0.15) is 13.3 Å². The monoisotopic (exact) mass is 153 g/mol. The molecule has 0 aromatic rings. The van der Waals surface area contributed by atoms with Crippen molar-refractivity contribution < 1.29 is 0 Å². The van der Waals surface area contributed by atoms with E-state index in [1.807, 2.05) is 0 Å². The first-order chi connectivity index (χ1) is 5.36. The second-order valence-corrected chi connectivity index (χ2v) is 2.92. The number of nitrogens with zero attached hydrogens (tertiary/aromatic N) is 3. The average molecular weight is 153 g/mol. The predicted molar refractivity (Wildman–Crippen MR) is 43.9 cm³/mol. The van der Waals surface area contributed by atoms with Crippen molar-refractivity contribution in [2.75, 3.05) is 32.8 Å². The van der Waals surface area contributed by atoms with Crippen molar-refractivity contribution in [2.45, 2.75) is 13.3 Å². The highest BCUT2D eigenvalue weighted by Crippen LogP contribution is 2.03. The zero-order chi connectivity index (χ0) is 8.10. The van der Waals surface area contributed by atoms with Gasteiger partial charge in [0.15, 0.2) is 0 Å². The summed E-state index contributed by atoms with van der Waals surface area (Å²) in [6.45, 7) is 7.10. The zero-order valence-electron chi connectivity index (χ0n) is 7.08. The Bertz CT molecular complexity index is 150. The third-order valence-corrected chi connectivity index (χ3v) is 2.09. The van der Waals surface area contributed by atoms with Crippen LogP contribution in [0.2, 0.25) is 0 Å². The molecule has 3 heteroatoms. The van der Waals surface area contributed by atoms with Crippen molar-refractivity contribution >= 4 is 0 Å². The second kappa shape index (κ2) is 4.32. The summed E-state index contributed by atoms with van der Waals surface area (Å²) in [7, 11) is 0. The maximum atomic E-state index is 8.47. The molecule has 0 saturated carbocycles. The van der Waals surface area contributed by atoms with Crippen molar-refractivity contribution in [3.05, 3.63) is 0 Å². The van der Waals surface area contributed by atoms with E-state index < -0.39 is 0 Å². The summed E-state index contributed by atoms with van der Waals surface area (Å²) in [6, 6.07) is 2.18. The summed E-state index contributed by atoms with van der Waals surface area (Å²) in [5.74, 6) is 0. The Labute approximate surface area is 68.2 Å². The van der Waals surface area contributed by atoms with Gasteiger partial charge in [-0.2, -0.15) is 5.26 Å².